The summed E-state index contributed by atoms with van der Waals surface area (Å²) in [5.41, 5.74) is 0. The molecule has 2 aliphatic carbocycles. The van der Waals surface area contributed by atoms with E-state index >= 15 is 0 Å². The van der Waals surface area contributed by atoms with Crippen LogP contribution >= 0.6 is 0 Å². The molecule has 2 rings (SSSR count). The van der Waals surface area contributed by atoms with Crippen LogP contribution in [0.1, 0.15) is 71.1 Å². The highest BCUT2D eigenvalue weighted by Gasteiger charge is 2.26. The summed E-state index contributed by atoms with van der Waals surface area (Å²) in [5, 5.41) is 2.83. The highest BCUT2D eigenvalue weighted by Crippen LogP contribution is 2.24. The van der Waals surface area contributed by atoms with Crippen molar-refractivity contribution in [2.75, 3.05) is 0 Å². The summed E-state index contributed by atoms with van der Waals surface area (Å²) >= 11 is 0. The fraction of sp³-hybridized carbons (Fsp3) is 0.875. The molecule has 4 nitrogen and oxygen atoms in total. The Morgan fingerprint density at radius 1 is 0.950 bits per heavy atom. The van der Waals surface area contributed by atoms with Crippen molar-refractivity contribution in [3.05, 3.63) is 0 Å². The minimum absolute atomic E-state index is 0.0257. The molecule has 0 aliphatic heterocycles. The van der Waals surface area contributed by atoms with Gasteiger partial charge in [0.05, 0.1) is 0 Å². The summed E-state index contributed by atoms with van der Waals surface area (Å²) in [7, 11) is 0. The Kier molecular flexibility index (Phi) is 5.86. The minimum atomic E-state index is -0.522. The number of hydrogen-bond acceptors (Lipinski definition) is 3. The predicted molar refractivity (Wildman–Crippen MR) is 77.1 cm³/mol. The lowest BCUT2D eigenvalue weighted by Crippen LogP contribution is -2.44. The number of rotatable bonds is 4. The monoisotopic (exact) mass is 281 g/mol. The van der Waals surface area contributed by atoms with Crippen molar-refractivity contribution in [2.24, 2.45) is 5.92 Å². The normalized spacial score (nSPS) is 23.1. The zero-order valence-electron chi connectivity index (χ0n) is 12.5. The molecule has 0 aromatic heterocycles. The number of nitrogens with one attached hydrogen (secondary N) is 1. The Balaban J connectivity index is 1.73. The number of carbonyl (C=O) groups excluding carboxylic acids is 2. The summed E-state index contributed by atoms with van der Waals surface area (Å²) in [4.78, 5) is 24.1. The van der Waals surface area contributed by atoms with Gasteiger partial charge >= 0.3 is 5.97 Å². The van der Waals surface area contributed by atoms with Gasteiger partial charge in [-0.3, -0.25) is 4.79 Å². The van der Waals surface area contributed by atoms with Crippen LogP contribution in [0.2, 0.25) is 0 Å². The molecule has 1 atom stereocenters. The summed E-state index contributed by atoms with van der Waals surface area (Å²) in [6.45, 7) is 1.73. The van der Waals surface area contributed by atoms with E-state index in [9.17, 15) is 9.59 Å². The largest absolute Gasteiger partial charge is 0.461 e. The van der Waals surface area contributed by atoms with E-state index in [1.807, 2.05) is 0 Å². The molecular weight excluding hydrogens is 254 g/mol. The molecule has 1 amide bonds. The maximum Gasteiger partial charge on any atom is 0.328 e. The molecule has 4 heteroatoms. The average Bonchev–Trinajstić information content (AvgIpc) is 2.49. The lowest BCUT2D eigenvalue weighted by molar-refractivity contribution is -0.154. The maximum absolute atomic E-state index is 12.1. The number of esters is 1. The quantitative estimate of drug-likeness (QED) is 0.806. The van der Waals surface area contributed by atoms with Crippen LogP contribution in [0, 0.1) is 5.92 Å². The van der Waals surface area contributed by atoms with Crippen LogP contribution in [-0.4, -0.2) is 24.0 Å². The van der Waals surface area contributed by atoms with E-state index in [1.54, 1.807) is 6.92 Å². The van der Waals surface area contributed by atoms with Crippen molar-refractivity contribution < 1.29 is 14.3 Å². The molecule has 1 N–H and O–H groups in total. The zero-order valence-corrected chi connectivity index (χ0v) is 12.5. The second-order valence-electron chi connectivity index (χ2n) is 6.26. The Hall–Kier alpha value is -1.06. The second-order valence-corrected chi connectivity index (χ2v) is 6.26. The standard InChI is InChI=1S/C16H27NO3/c1-12(16(19)20-14-10-6-3-7-11-14)17-15(18)13-8-4-2-5-9-13/h12-14H,2-11H2,1H3,(H,17,18)/t12-/m0/s1. The van der Waals surface area contributed by atoms with E-state index in [1.165, 1.54) is 12.8 Å². The van der Waals surface area contributed by atoms with E-state index in [0.29, 0.717) is 0 Å². The molecule has 0 saturated heterocycles. The van der Waals surface area contributed by atoms with E-state index < -0.39 is 6.04 Å². The summed E-state index contributed by atoms with van der Waals surface area (Å²) in [5.74, 6) is -0.160. The molecule has 0 aromatic carbocycles. The van der Waals surface area contributed by atoms with Gasteiger partial charge in [-0.05, 0) is 45.4 Å². The Morgan fingerprint density at radius 2 is 1.50 bits per heavy atom. The Morgan fingerprint density at radius 3 is 2.10 bits per heavy atom. The minimum Gasteiger partial charge on any atom is -0.461 e. The van der Waals surface area contributed by atoms with Crippen LogP contribution in [0.15, 0.2) is 0 Å². The SMILES string of the molecule is C[C@H](NC(=O)C1CCCCC1)C(=O)OC1CCCCC1. The van der Waals surface area contributed by atoms with Crippen LogP contribution in [0.5, 0.6) is 0 Å². The molecule has 20 heavy (non-hydrogen) atoms. The third-order valence-electron chi connectivity index (χ3n) is 4.52. The van der Waals surface area contributed by atoms with Crippen molar-refractivity contribution in [3.63, 3.8) is 0 Å². The van der Waals surface area contributed by atoms with Gasteiger partial charge < -0.3 is 10.1 Å². The number of carbonyl (C=O) groups is 2. The molecule has 0 aromatic rings. The molecule has 114 valence electrons. The third kappa shape index (κ3) is 4.50. The van der Waals surface area contributed by atoms with E-state index in [0.717, 1.165) is 51.4 Å². The van der Waals surface area contributed by atoms with Crippen LogP contribution < -0.4 is 5.32 Å². The van der Waals surface area contributed by atoms with Crippen LogP contribution in [-0.2, 0) is 14.3 Å². The average molecular weight is 281 g/mol. The molecule has 0 bridgehead atoms. The summed E-state index contributed by atoms with van der Waals surface area (Å²) in [6, 6.07) is -0.522. The van der Waals surface area contributed by atoms with Crippen molar-refractivity contribution >= 4 is 11.9 Å². The number of amides is 1. The van der Waals surface area contributed by atoms with Gasteiger partial charge in [0.15, 0.2) is 0 Å². The molecule has 2 saturated carbocycles. The van der Waals surface area contributed by atoms with Gasteiger partial charge in [0.2, 0.25) is 5.91 Å². The smallest absolute Gasteiger partial charge is 0.328 e. The fourth-order valence-corrected chi connectivity index (χ4v) is 3.20. The predicted octanol–water partition coefficient (Wildman–Crippen LogP) is 2.95. The first-order chi connectivity index (χ1) is 9.66. The van der Waals surface area contributed by atoms with Crippen LogP contribution in [0.4, 0.5) is 0 Å². The van der Waals surface area contributed by atoms with Crippen molar-refractivity contribution in [2.45, 2.75) is 83.3 Å². The Labute approximate surface area is 121 Å². The van der Waals surface area contributed by atoms with Gasteiger partial charge in [-0.15, -0.1) is 0 Å². The van der Waals surface area contributed by atoms with E-state index in [-0.39, 0.29) is 23.9 Å². The van der Waals surface area contributed by atoms with E-state index in [2.05, 4.69) is 5.32 Å². The molecule has 0 unspecified atom stereocenters. The fourth-order valence-electron chi connectivity index (χ4n) is 3.20. The first-order valence-electron chi connectivity index (χ1n) is 8.17. The molecule has 0 spiro atoms. The second kappa shape index (κ2) is 7.65. The third-order valence-corrected chi connectivity index (χ3v) is 4.52. The van der Waals surface area contributed by atoms with Gasteiger partial charge in [0.1, 0.15) is 12.1 Å². The first-order valence-corrected chi connectivity index (χ1v) is 8.17. The van der Waals surface area contributed by atoms with Gasteiger partial charge in [-0.25, -0.2) is 4.79 Å². The molecule has 2 fully saturated rings. The van der Waals surface area contributed by atoms with Crippen molar-refractivity contribution in [1.82, 2.24) is 5.32 Å². The molecular formula is C16H27NO3. The van der Waals surface area contributed by atoms with Gasteiger partial charge in [0, 0.05) is 5.92 Å². The van der Waals surface area contributed by atoms with Gasteiger partial charge in [0.25, 0.3) is 0 Å². The highest BCUT2D eigenvalue weighted by atomic mass is 16.5. The maximum atomic E-state index is 12.1. The van der Waals surface area contributed by atoms with Crippen molar-refractivity contribution in [1.29, 1.82) is 0 Å². The lowest BCUT2D eigenvalue weighted by Gasteiger charge is -2.25. The Bertz CT molecular complexity index is 331. The van der Waals surface area contributed by atoms with Crippen LogP contribution in [0.25, 0.3) is 0 Å². The molecule has 0 heterocycles. The molecule has 0 radical (unpaired) electrons. The highest BCUT2D eigenvalue weighted by molar-refractivity contribution is 5.85. The molecule has 2 aliphatic rings. The summed E-state index contributed by atoms with van der Waals surface area (Å²) in [6.07, 6.45) is 10.9. The van der Waals surface area contributed by atoms with Crippen LogP contribution in [0.3, 0.4) is 0 Å². The number of hydrogen-bond donors (Lipinski definition) is 1. The van der Waals surface area contributed by atoms with Crippen molar-refractivity contribution in [3.8, 4) is 0 Å². The topological polar surface area (TPSA) is 55.4 Å². The van der Waals surface area contributed by atoms with Gasteiger partial charge in [-0.1, -0.05) is 25.7 Å². The number of ether oxygens (including phenoxy) is 1. The zero-order chi connectivity index (χ0) is 14.4. The lowest BCUT2D eigenvalue weighted by atomic mass is 9.88. The van der Waals surface area contributed by atoms with E-state index in [4.69, 9.17) is 4.74 Å². The first kappa shape index (κ1) is 15.3. The summed E-state index contributed by atoms with van der Waals surface area (Å²) < 4.78 is 5.49. The van der Waals surface area contributed by atoms with Gasteiger partial charge in [-0.2, -0.15) is 0 Å².